The fourth-order valence-corrected chi connectivity index (χ4v) is 3.50. The van der Waals surface area contributed by atoms with Crippen LogP contribution in [0.3, 0.4) is 0 Å². The Morgan fingerprint density at radius 1 is 1.06 bits per heavy atom. The second kappa shape index (κ2) is 8.89. The van der Waals surface area contributed by atoms with E-state index in [1.165, 1.54) is 0 Å². The topological polar surface area (TPSA) is 99.6 Å². The highest BCUT2D eigenvalue weighted by Gasteiger charge is 2.21. The molecular weight excluding hydrogens is 394 g/mol. The van der Waals surface area contributed by atoms with Crippen molar-refractivity contribution in [1.82, 2.24) is 4.98 Å². The number of ether oxygens (including phenoxy) is 2. The van der Waals surface area contributed by atoms with Gasteiger partial charge >= 0.3 is 0 Å². The lowest BCUT2D eigenvalue weighted by atomic mass is 9.98. The van der Waals surface area contributed by atoms with E-state index in [1.807, 2.05) is 36.4 Å². The molecule has 0 fully saturated rings. The molecule has 2 aromatic carbocycles. The van der Waals surface area contributed by atoms with Crippen LogP contribution in [-0.2, 0) is 6.42 Å². The first kappa shape index (κ1) is 20.4. The summed E-state index contributed by atoms with van der Waals surface area (Å²) >= 11 is 0. The van der Waals surface area contributed by atoms with Crippen LogP contribution < -0.4 is 20.5 Å². The van der Waals surface area contributed by atoms with Gasteiger partial charge in [0.15, 0.2) is 17.1 Å². The molecule has 7 nitrogen and oxygen atoms in total. The van der Waals surface area contributed by atoms with Gasteiger partial charge in [-0.05, 0) is 42.0 Å². The minimum absolute atomic E-state index is 0.150. The molecule has 0 saturated heterocycles. The van der Waals surface area contributed by atoms with Crippen molar-refractivity contribution in [2.75, 3.05) is 19.5 Å². The maximum Gasteiger partial charge on any atom is 0.291 e. The van der Waals surface area contributed by atoms with Crippen LogP contribution in [0.5, 0.6) is 11.5 Å². The molecule has 2 heterocycles. The number of hydrogen-bond donors (Lipinski definition) is 2. The number of rotatable bonds is 7. The van der Waals surface area contributed by atoms with Gasteiger partial charge in [0.2, 0.25) is 0 Å². The van der Waals surface area contributed by atoms with Crippen LogP contribution in [-0.4, -0.2) is 25.1 Å². The Labute approximate surface area is 179 Å². The molecule has 0 bridgehead atoms. The standard InChI is InChI=1S/C24H23N3O4/c1-29-20-9-4-3-8-19(20)27-24(28)22-14-17-16(10-11-21(30-2)23(17)31-22)18(25)13-15-7-5-6-12-26-15/h3-12,14,18H,13,25H2,1-2H3,(H,27,28). The number of nitrogens with one attached hydrogen (secondary N) is 1. The Kier molecular flexibility index (Phi) is 5.86. The highest BCUT2D eigenvalue weighted by atomic mass is 16.5. The average molecular weight is 417 g/mol. The number of fused-ring (bicyclic) bond motifs is 1. The first-order valence-corrected chi connectivity index (χ1v) is 9.81. The highest BCUT2D eigenvalue weighted by molar-refractivity contribution is 6.06. The van der Waals surface area contributed by atoms with E-state index in [9.17, 15) is 4.79 Å². The van der Waals surface area contributed by atoms with Gasteiger partial charge in [-0.15, -0.1) is 0 Å². The summed E-state index contributed by atoms with van der Waals surface area (Å²) in [6.07, 6.45) is 2.29. The molecule has 4 rings (SSSR count). The number of carbonyl (C=O) groups excluding carboxylic acids is 1. The van der Waals surface area contributed by atoms with Crippen LogP contribution in [0, 0.1) is 0 Å². The van der Waals surface area contributed by atoms with Crippen molar-refractivity contribution in [1.29, 1.82) is 0 Å². The zero-order chi connectivity index (χ0) is 21.8. The number of pyridine rings is 1. The van der Waals surface area contributed by atoms with Crippen molar-refractivity contribution in [3.8, 4) is 11.5 Å². The summed E-state index contributed by atoms with van der Waals surface area (Å²) < 4.78 is 16.6. The van der Waals surface area contributed by atoms with Crippen LogP contribution in [0.25, 0.3) is 11.0 Å². The zero-order valence-electron chi connectivity index (χ0n) is 17.3. The molecule has 0 aliphatic carbocycles. The third-order valence-corrected chi connectivity index (χ3v) is 5.03. The molecule has 7 heteroatoms. The Balaban J connectivity index is 1.68. The van der Waals surface area contributed by atoms with E-state index in [1.54, 1.807) is 44.7 Å². The van der Waals surface area contributed by atoms with Gasteiger partial charge in [-0.2, -0.15) is 0 Å². The van der Waals surface area contributed by atoms with Crippen molar-refractivity contribution < 1.29 is 18.7 Å². The molecule has 31 heavy (non-hydrogen) atoms. The lowest BCUT2D eigenvalue weighted by molar-refractivity contribution is 0.0998. The van der Waals surface area contributed by atoms with E-state index in [4.69, 9.17) is 19.6 Å². The smallest absolute Gasteiger partial charge is 0.291 e. The summed E-state index contributed by atoms with van der Waals surface area (Å²) in [7, 11) is 3.10. The summed E-state index contributed by atoms with van der Waals surface area (Å²) in [5, 5.41) is 3.55. The maximum atomic E-state index is 12.9. The number of furan rings is 1. The molecule has 0 spiro atoms. The molecule has 1 atom stereocenters. The first-order chi connectivity index (χ1) is 15.1. The van der Waals surface area contributed by atoms with Gasteiger partial charge in [-0.25, -0.2) is 0 Å². The van der Waals surface area contributed by atoms with Gasteiger partial charge in [0.05, 0.1) is 19.9 Å². The van der Waals surface area contributed by atoms with Gasteiger partial charge in [0.1, 0.15) is 5.75 Å². The Morgan fingerprint density at radius 3 is 2.58 bits per heavy atom. The van der Waals surface area contributed by atoms with E-state index in [2.05, 4.69) is 10.3 Å². The predicted octanol–water partition coefficient (Wildman–Crippen LogP) is 4.34. The van der Waals surface area contributed by atoms with Crippen molar-refractivity contribution in [2.24, 2.45) is 5.73 Å². The second-order valence-electron chi connectivity index (χ2n) is 7.00. The van der Waals surface area contributed by atoms with Crippen LogP contribution >= 0.6 is 0 Å². The molecule has 2 aromatic heterocycles. The maximum absolute atomic E-state index is 12.9. The molecule has 1 unspecified atom stereocenters. The molecule has 0 aliphatic heterocycles. The summed E-state index contributed by atoms with van der Waals surface area (Å²) in [5.74, 6) is 0.839. The Bertz CT molecular complexity index is 1200. The molecule has 3 N–H and O–H groups in total. The van der Waals surface area contributed by atoms with Gasteiger partial charge in [0.25, 0.3) is 5.91 Å². The number of aromatic nitrogens is 1. The lowest BCUT2D eigenvalue weighted by Crippen LogP contribution is -2.14. The summed E-state index contributed by atoms with van der Waals surface area (Å²) in [6.45, 7) is 0. The molecule has 4 aromatic rings. The van der Waals surface area contributed by atoms with E-state index >= 15 is 0 Å². The lowest BCUT2D eigenvalue weighted by Gasteiger charge is -2.13. The fourth-order valence-electron chi connectivity index (χ4n) is 3.50. The third-order valence-electron chi connectivity index (χ3n) is 5.03. The molecule has 0 aliphatic rings. The van der Waals surface area contributed by atoms with Crippen LogP contribution in [0.4, 0.5) is 5.69 Å². The van der Waals surface area contributed by atoms with Crippen molar-refractivity contribution >= 4 is 22.6 Å². The highest BCUT2D eigenvalue weighted by Crippen LogP contribution is 2.35. The van der Waals surface area contributed by atoms with E-state index in [-0.39, 0.29) is 11.8 Å². The summed E-state index contributed by atoms with van der Waals surface area (Å²) in [5.41, 5.74) is 9.25. The molecule has 1 amide bonds. The number of anilines is 1. The number of para-hydroxylation sites is 2. The monoisotopic (exact) mass is 417 g/mol. The third kappa shape index (κ3) is 4.22. The first-order valence-electron chi connectivity index (χ1n) is 9.81. The van der Waals surface area contributed by atoms with Crippen molar-refractivity contribution in [3.05, 3.63) is 83.9 Å². The van der Waals surface area contributed by atoms with E-state index < -0.39 is 5.91 Å². The molecule has 0 radical (unpaired) electrons. The molecule has 0 saturated carbocycles. The van der Waals surface area contributed by atoms with Crippen LogP contribution in [0.1, 0.15) is 27.9 Å². The van der Waals surface area contributed by atoms with Crippen molar-refractivity contribution in [2.45, 2.75) is 12.5 Å². The van der Waals surface area contributed by atoms with Gasteiger partial charge in [-0.1, -0.05) is 24.3 Å². The Morgan fingerprint density at radius 2 is 1.84 bits per heavy atom. The minimum atomic E-state index is -0.396. The number of nitrogens with zero attached hydrogens (tertiary/aromatic N) is 1. The van der Waals surface area contributed by atoms with Gasteiger partial charge < -0.3 is 24.9 Å². The van der Waals surface area contributed by atoms with Crippen molar-refractivity contribution in [3.63, 3.8) is 0 Å². The van der Waals surface area contributed by atoms with E-state index in [0.717, 1.165) is 16.6 Å². The van der Waals surface area contributed by atoms with Gasteiger partial charge in [-0.3, -0.25) is 9.78 Å². The number of benzene rings is 2. The fraction of sp³-hybridized carbons (Fsp3) is 0.167. The number of hydrogen-bond acceptors (Lipinski definition) is 6. The molecular formula is C24H23N3O4. The largest absolute Gasteiger partial charge is 0.495 e. The molecule has 158 valence electrons. The Hall–Kier alpha value is -3.84. The SMILES string of the molecule is COc1ccccc1NC(=O)c1cc2c(C(N)Cc3ccccn3)ccc(OC)c2o1. The van der Waals surface area contributed by atoms with E-state index in [0.29, 0.717) is 29.2 Å². The number of methoxy groups -OCH3 is 2. The predicted molar refractivity (Wildman–Crippen MR) is 119 cm³/mol. The quantitative estimate of drug-likeness (QED) is 0.464. The summed E-state index contributed by atoms with van der Waals surface area (Å²) in [4.78, 5) is 17.2. The minimum Gasteiger partial charge on any atom is -0.495 e. The van der Waals surface area contributed by atoms with Gasteiger partial charge in [0, 0.05) is 29.7 Å². The number of nitrogens with two attached hydrogens (primary N) is 1. The normalized spacial score (nSPS) is 11.8. The second-order valence-corrected chi connectivity index (χ2v) is 7.00. The zero-order valence-corrected chi connectivity index (χ0v) is 17.3. The summed E-state index contributed by atoms with van der Waals surface area (Å²) in [6, 6.07) is 17.9. The number of amides is 1. The van der Waals surface area contributed by atoms with Crippen LogP contribution in [0.15, 0.2) is 71.3 Å². The van der Waals surface area contributed by atoms with Crippen LogP contribution in [0.2, 0.25) is 0 Å². The average Bonchev–Trinajstić information content (AvgIpc) is 3.25. The number of carbonyl (C=O) groups is 1.